The van der Waals surface area contributed by atoms with Crippen molar-refractivity contribution >= 4 is 11.6 Å². The SMILES string of the molecule is CCOC(C)CNC(C)c1ccc(Cl)c(F)c1. The van der Waals surface area contributed by atoms with Crippen LogP contribution in [0.3, 0.4) is 0 Å². The smallest absolute Gasteiger partial charge is 0.142 e. The summed E-state index contributed by atoms with van der Waals surface area (Å²) in [4.78, 5) is 0. The van der Waals surface area contributed by atoms with Crippen molar-refractivity contribution in [3.8, 4) is 0 Å². The van der Waals surface area contributed by atoms with E-state index in [0.717, 1.165) is 12.1 Å². The van der Waals surface area contributed by atoms with Crippen molar-refractivity contribution in [3.05, 3.63) is 34.6 Å². The Labute approximate surface area is 107 Å². The molecule has 1 aromatic rings. The first kappa shape index (κ1) is 14.4. The van der Waals surface area contributed by atoms with Crippen LogP contribution in [0.1, 0.15) is 32.4 Å². The molecule has 17 heavy (non-hydrogen) atoms. The van der Waals surface area contributed by atoms with E-state index in [1.807, 2.05) is 26.8 Å². The fraction of sp³-hybridized carbons (Fsp3) is 0.538. The summed E-state index contributed by atoms with van der Waals surface area (Å²) in [6.07, 6.45) is 0.152. The Balaban J connectivity index is 2.52. The fourth-order valence-electron chi connectivity index (χ4n) is 1.59. The van der Waals surface area contributed by atoms with Crippen molar-refractivity contribution in [2.75, 3.05) is 13.2 Å². The van der Waals surface area contributed by atoms with E-state index in [0.29, 0.717) is 6.61 Å². The summed E-state index contributed by atoms with van der Waals surface area (Å²) >= 11 is 5.64. The van der Waals surface area contributed by atoms with Gasteiger partial charge in [0.05, 0.1) is 11.1 Å². The van der Waals surface area contributed by atoms with Crippen molar-refractivity contribution in [2.45, 2.75) is 32.9 Å². The number of hydrogen-bond donors (Lipinski definition) is 1. The third kappa shape index (κ3) is 4.62. The zero-order valence-corrected chi connectivity index (χ0v) is 11.2. The molecule has 0 aromatic heterocycles. The standard InChI is InChI=1S/C13H19ClFNO/c1-4-17-9(2)8-16-10(3)11-5-6-12(14)13(15)7-11/h5-7,9-10,16H,4,8H2,1-3H3. The van der Waals surface area contributed by atoms with Crippen LogP contribution >= 0.6 is 11.6 Å². The Kier molecular flexibility index (Phi) is 5.89. The lowest BCUT2D eigenvalue weighted by atomic mass is 10.1. The second-order valence-electron chi connectivity index (χ2n) is 4.07. The maximum Gasteiger partial charge on any atom is 0.142 e. The second-order valence-corrected chi connectivity index (χ2v) is 4.48. The molecule has 2 atom stereocenters. The van der Waals surface area contributed by atoms with Crippen molar-refractivity contribution in [1.29, 1.82) is 0 Å². The molecule has 2 unspecified atom stereocenters. The van der Waals surface area contributed by atoms with Crippen LogP contribution in [0.2, 0.25) is 5.02 Å². The van der Waals surface area contributed by atoms with Crippen LogP contribution in [0.4, 0.5) is 4.39 Å². The molecule has 96 valence electrons. The molecule has 0 aliphatic rings. The van der Waals surface area contributed by atoms with Gasteiger partial charge in [-0.2, -0.15) is 0 Å². The molecule has 0 bridgehead atoms. The fourth-order valence-corrected chi connectivity index (χ4v) is 1.70. The first-order valence-corrected chi connectivity index (χ1v) is 6.22. The maximum atomic E-state index is 13.3. The zero-order valence-electron chi connectivity index (χ0n) is 10.5. The van der Waals surface area contributed by atoms with Crippen LogP contribution in [0.25, 0.3) is 0 Å². The van der Waals surface area contributed by atoms with Gasteiger partial charge in [0.1, 0.15) is 5.82 Å². The second kappa shape index (κ2) is 6.94. The van der Waals surface area contributed by atoms with Crippen LogP contribution < -0.4 is 5.32 Å². The van der Waals surface area contributed by atoms with Gasteiger partial charge in [-0.3, -0.25) is 0 Å². The minimum absolute atomic E-state index is 0.0738. The molecule has 0 saturated carbocycles. The Bertz CT molecular complexity index is 359. The quantitative estimate of drug-likeness (QED) is 0.844. The van der Waals surface area contributed by atoms with Gasteiger partial charge in [0, 0.05) is 19.2 Å². The minimum atomic E-state index is -0.379. The normalized spacial score (nSPS) is 14.6. The van der Waals surface area contributed by atoms with Crippen molar-refractivity contribution < 1.29 is 9.13 Å². The molecule has 4 heteroatoms. The Morgan fingerprint density at radius 1 is 1.41 bits per heavy atom. The van der Waals surface area contributed by atoms with E-state index in [1.165, 1.54) is 6.07 Å². The third-order valence-electron chi connectivity index (χ3n) is 2.61. The van der Waals surface area contributed by atoms with Crippen LogP contribution in [0.5, 0.6) is 0 Å². The molecule has 1 rings (SSSR count). The lowest BCUT2D eigenvalue weighted by molar-refractivity contribution is 0.0743. The molecule has 0 aliphatic heterocycles. The molecule has 0 saturated heterocycles. The van der Waals surface area contributed by atoms with Gasteiger partial charge in [0.2, 0.25) is 0 Å². The van der Waals surface area contributed by atoms with E-state index in [9.17, 15) is 4.39 Å². The van der Waals surface area contributed by atoms with E-state index in [1.54, 1.807) is 6.07 Å². The van der Waals surface area contributed by atoms with Crippen LogP contribution in [0, 0.1) is 5.82 Å². The zero-order chi connectivity index (χ0) is 12.8. The summed E-state index contributed by atoms with van der Waals surface area (Å²) in [6.45, 7) is 7.40. The highest BCUT2D eigenvalue weighted by molar-refractivity contribution is 6.30. The van der Waals surface area contributed by atoms with Crippen molar-refractivity contribution in [3.63, 3.8) is 0 Å². The van der Waals surface area contributed by atoms with Crippen LogP contribution in [-0.4, -0.2) is 19.3 Å². The van der Waals surface area contributed by atoms with Gasteiger partial charge in [-0.05, 0) is 38.5 Å². The molecule has 1 N–H and O–H groups in total. The maximum absolute atomic E-state index is 13.3. The molecule has 0 radical (unpaired) electrons. The Morgan fingerprint density at radius 2 is 2.12 bits per heavy atom. The number of benzene rings is 1. The number of hydrogen-bond acceptors (Lipinski definition) is 2. The molecule has 0 amide bonds. The first-order chi connectivity index (χ1) is 8.04. The van der Waals surface area contributed by atoms with E-state index in [-0.39, 0.29) is 23.0 Å². The summed E-state index contributed by atoms with van der Waals surface area (Å²) in [5.74, 6) is -0.379. The average Bonchev–Trinajstić information content (AvgIpc) is 2.30. The summed E-state index contributed by atoms with van der Waals surface area (Å²) < 4.78 is 18.7. The monoisotopic (exact) mass is 259 g/mol. The van der Waals surface area contributed by atoms with Gasteiger partial charge in [0.25, 0.3) is 0 Å². The topological polar surface area (TPSA) is 21.3 Å². The third-order valence-corrected chi connectivity index (χ3v) is 2.91. The van der Waals surface area contributed by atoms with Gasteiger partial charge >= 0.3 is 0 Å². The summed E-state index contributed by atoms with van der Waals surface area (Å²) in [5, 5.41) is 3.45. The number of halogens is 2. The number of ether oxygens (including phenoxy) is 1. The van der Waals surface area contributed by atoms with Gasteiger partial charge < -0.3 is 10.1 Å². The van der Waals surface area contributed by atoms with Gasteiger partial charge in [-0.1, -0.05) is 17.7 Å². The van der Waals surface area contributed by atoms with Crippen molar-refractivity contribution in [1.82, 2.24) is 5.32 Å². The lowest BCUT2D eigenvalue weighted by Crippen LogP contribution is -2.29. The minimum Gasteiger partial charge on any atom is -0.377 e. The predicted octanol–water partition coefficient (Wildman–Crippen LogP) is 3.55. The van der Waals surface area contributed by atoms with E-state index >= 15 is 0 Å². The largest absolute Gasteiger partial charge is 0.377 e. The number of nitrogens with one attached hydrogen (secondary N) is 1. The molecule has 0 heterocycles. The van der Waals surface area contributed by atoms with E-state index in [2.05, 4.69) is 5.32 Å². The highest BCUT2D eigenvalue weighted by atomic mass is 35.5. The van der Waals surface area contributed by atoms with Gasteiger partial charge in [-0.15, -0.1) is 0 Å². The highest BCUT2D eigenvalue weighted by Gasteiger charge is 2.09. The molecule has 0 spiro atoms. The molecule has 1 aromatic carbocycles. The average molecular weight is 260 g/mol. The predicted molar refractivity (Wildman–Crippen MR) is 68.9 cm³/mol. The highest BCUT2D eigenvalue weighted by Crippen LogP contribution is 2.19. The van der Waals surface area contributed by atoms with Gasteiger partial charge in [0.15, 0.2) is 0 Å². The molecule has 0 aliphatic carbocycles. The summed E-state index contributed by atoms with van der Waals surface area (Å²) in [5.41, 5.74) is 0.885. The Morgan fingerprint density at radius 3 is 2.71 bits per heavy atom. The number of rotatable bonds is 6. The molecular weight excluding hydrogens is 241 g/mol. The summed E-state index contributed by atoms with van der Waals surface area (Å²) in [7, 11) is 0. The van der Waals surface area contributed by atoms with Crippen LogP contribution in [-0.2, 0) is 4.74 Å². The van der Waals surface area contributed by atoms with Crippen LogP contribution in [0.15, 0.2) is 18.2 Å². The Hall–Kier alpha value is -0.640. The lowest BCUT2D eigenvalue weighted by Gasteiger charge is -2.18. The van der Waals surface area contributed by atoms with Gasteiger partial charge in [-0.25, -0.2) is 4.39 Å². The molecule has 0 fully saturated rings. The summed E-state index contributed by atoms with van der Waals surface area (Å²) in [6, 6.07) is 4.94. The first-order valence-electron chi connectivity index (χ1n) is 5.84. The molecule has 2 nitrogen and oxygen atoms in total. The van der Waals surface area contributed by atoms with E-state index < -0.39 is 0 Å². The van der Waals surface area contributed by atoms with E-state index in [4.69, 9.17) is 16.3 Å². The van der Waals surface area contributed by atoms with Crippen molar-refractivity contribution in [2.24, 2.45) is 0 Å². The molecular formula is C13H19ClFNO.